The van der Waals surface area contributed by atoms with Crippen LogP contribution in [0, 0.1) is 5.92 Å². The second-order valence-corrected chi connectivity index (χ2v) is 4.88. The van der Waals surface area contributed by atoms with Gasteiger partial charge in [0.25, 0.3) is 0 Å². The number of hydrogen-bond donors (Lipinski definition) is 1. The van der Waals surface area contributed by atoms with Crippen LogP contribution in [0.15, 0.2) is 6.20 Å². The van der Waals surface area contributed by atoms with Crippen molar-refractivity contribution in [1.29, 1.82) is 0 Å². The lowest BCUT2D eigenvalue weighted by Crippen LogP contribution is -2.08. The van der Waals surface area contributed by atoms with Crippen LogP contribution in [-0.4, -0.2) is 12.1 Å². The van der Waals surface area contributed by atoms with Crippen molar-refractivity contribution in [1.82, 2.24) is 4.98 Å². The third-order valence-corrected chi connectivity index (χ3v) is 3.35. The Morgan fingerprint density at radius 2 is 2.07 bits per heavy atom. The van der Waals surface area contributed by atoms with Crippen molar-refractivity contribution in [3.8, 4) is 0 Å². The molecule has 0 bridgehead atoms. The van der Waals surface area contributed by atoms with Gasteiger partial charge in [-0.2, -0.15) is 0 Å². The molecule has 2 N–H and O–H groups in total. The molecule has 0 saturated carbocycles. The second kappa shape index (κ2) is 4.87. The van der Waals surface area contributed by atoms with Gasteiger partial charge in [-0.15, -0.1) is 11.3 Å². The maximum Gasteiger partial charge on any atom is 0.122 e. The van der Waals surface area contributed by atoms with Gasteiger partial charge in [-0.1, -0.05) is 13.8 Å². The SMILES string of the molecule is COC(c1ncc(C(C)N)s1)C(C)C. The summed E-state index contributed by atoms with van der Waals surface area (Å²) in [7, 11) is 1.72. The van der Waals surface area contributed by atoms with Crippen molar-refractivity contribution in [3.63, 3.8) is 0 Å². The molecule has 0 spiro atoms. The molecule has 0 aromatic carbocycles. The quantitative estimate of drug-likeness (QED) is 0.837. The Hall–Kier alpha value is -0.450. The second-order valence-electron chi connectivity index (χ2n) is 3.79. The normalized spacial score (nSPS) is 15.9. The first-order valence-corrected chi connectivity index (χ1v) is 5.62. The zero-order valence-electron chi connectivity index (χ0n) is 9.15. The standard InChI is InChI=1S/C10H18N2OS/c1-6(2)9(13-4)10-12-5-8(14-10)7(3)11/h5-7,9H,11H2,1-4H3. The van der Waals surface area contributed by atoms with E-state index in [1.165, 1.54) is 0 Å². The number of aromatic nitrogens is 1. The monoisotopic (exact) mass is 214 g/mol. The Labute approximate surface area is 89.3 Å². The summed E-state index contributed by atoms with van der Waals surface area (Å²) in [4.78, 5) is 5.46. The Kier molecular flexibility index (Phi) is 4.04. The van der Waals surface area contributed by atoms with Crippen LogP contribution in [0.1, 0.15) is 42.8 Å². The lowest BCUT2D eigenvalue weighted by Gasteiger charge is -2.15. The third-order valence-electron chi connectivity index (χ3n) is 2.09. The Morgan fingerprint density at radius 3 is 2.43 bits per heavy atom. The molecule has 1 rings (SSSR count). The number of ether oxygens (including phenoxy) is 1. The molecule has 0 radical (unpaired) electrons. The predicted octanol–water partition coefficient (Wildman–Crippen LogP) is 2.51. The summed E-state index contributed by atoms with van der Waals surface area (Å²) in [5, 5.41) is 1.02. The summed E-state index contributed by atoms with van der Waals surface area (Å²) >= 11 is 1.64. The van der Waals surface area contributed by atoms with Crippen LogP contribution < -0.4 is 5.73 Å². The first-order valence-electron chi connectivity index (χ1n) is 4.80. The van der Waals surface area contributed by atoms with Gasteiger partial charge >= 0.3 is 0 Å². The Morgan fingerprint density at radius 1 is 1.43 bits per heavy atom. The molecule has 0 aliphatic carbocycles. The molecule has 3 nitrogen and oxygen atoms in total. The number of nitrogens with two attached hydrogens (primary N) is 1. The Balaban J connectivity index is 2.84. The number of nitrogens with zero attached hydrogens (tertiary/aromatic N) is 1. The lowest BCUT2D eigenvalue weighted by molar-refractivity contribution is 0.0644. The van der Waals surface area contributed by atoms with E-state index >= 15 is 0 Å². The number of thiazole rings is 1. The molecular formula is C10H18N2OS. The smallest absolute Gasteiger partial charge is 0.122 e. The van der Waals surface area contributed by atoms with Gasteiger partial charge in [0.05, 0.1) is 0 Å². The number of hydrogen-bond acceptors (Lipinski definition) is 4. The van der Waals surface area contributed by atoms with E-state index in [0.717, 1.165) is 9.88 Å². The fraction of sp³-hybridized carbons (Fsp3) is 0.700. The molecule has 2 unspecified atom stereocenters. The maximum absolute atomic E-state index is 5.77. The summed E-state index contributed by atoms with van der Waals surface area (Å²) in [6.45, 7) is 6.22. The molecule has 14 heavy (non-hydrogen) atoms. The van der Waals surface area contributed by atoms with Gasteiger partial charge in [0.1, 0.15) is 11.1 Å². The van der Waals surface area contributed by atoms with Crippen molar-refractivity contribution in [3.05, 3.63) is 16.1 Å². The van der Waals surface area contributed by atoms with Crippen LogP contribution in [0.25, 0.3) is 0 Å². The first kappa shape index (κ1) is 11.6. The van der Waals surface area contributed by atoms with Gasteiger partial charge in [0, 0.05) is 24.2 Å². The molecule has 0 fully saturated rings. The predicted molar refractivity (Wildman–Crippen MR) is 59.3 cm³/mol. The van der Waals surface area contributed by atoms with E-state index in [1.807, 2.05) is 13.1 Å². The largest absolute Gasteiger partial charge is 0.374 e. The molecular weight excluding hydrogens is 196 g/mol. The summed E-state index contributed by atoms with van der Waals surface area (Å²) in [6.07, 6.45) is 1.94. The molecule has 2 atom stereocenters. The minimum Gasteiger partial charge on any atom is -0.374 e. The van der Waals surface area contributed by atoms with Crippen LogP contribution >= 0.6 is 11.3 Å². The summed E-state index contributed by atoms with van der Waals surface area (Å²) in [5.74, 6) is 0.437. The first-order chi connectivity index (χ1) is 6.56. The lowest BCUT2D eigenvalue weighted by atomic mass is 10.1. The van der Waals surface area contributed by atoms with E-state index in [0.29, 0.717) is 5.92 Å². The van der Waals surface area contributed by atoms with Crippen molar-refractivity contribution < 1.29 is 4.74 Å². The highest BCUT2D eigenvalue weighted by Crippen LogP contribution is 2.30. The van der Waals surface area contributed by atoms with Crippen LogP contribution in [0.4, 0.5) is 0 Å². The van der Waals surface area contributed by atoms with Gasteiger partial charge in [0.2, 0.25) is 0 Å². The fourth-order valence-electron chi connectivity index (χ4n) is 1.30. The van der Waals surface area contributed by atoms with Gasteiger partial charge in [0.15, 0.2) is 0 Å². The van der Waals surface area contributed by atoms with Gasteiger partial charge in [-0.3, -0.25) is 0 Å². The minimum atomic E-state index is 0.0610. The molecule has 4 heteroatoms. The van der Waals surface area contributed by atoms with Gasteiger partial charge in [-0.25, -0.2) is 4.98 Å². The average Bonchev–Trinajstić information content (AvgIpc) is 2.53. The van der Waals surface area contributed by atoms with Gasteiger partial charge < -0.3 is 10.5 Å². The molecule has 1 heterocycles. The zero-order valence-corrected chi connectivity index (χ0v) is 9.97. The van der Waals surface area contributed by atoms with E-state index < -0.39 is 0 Å². The van der Waals surface area contributed by atoms with E-state index in [9.17, 15) is 0 Å². The highest BCUT2D eigenvalue weighted by atomic mass is 32.1. The molecule has 0 aliphatic heterocycles. The highest BCUT2D eigenvalue weighted by molar-refractivity contribution is 7.11. The third kappa shape index (κ3) is 2.53. The molecule has 0 amide bonds. The number of rotatable bonds is 4. The molecule has 1 aromatic rings. The summed E-state index contributed by atoms with van der Waals surface area (Å²) in [5.41, 5.74) is 5.77. The van der Waals surface area contributed by atoms with Crippen molar-refractivity contribution in [2.24, 2.45) is 11.7 Å². The molecule has 80 valence electrons. The number of methoxy groups -OCH3 is 1. The van der Waals surface area contributed by atoms with Crippen molar-refractivity contribution in [2.75, 3.05) is 7.11 Å². The van der Waals surface area contributed by atoms with E-state index in [-0.39, 0.29) is 12.1 Å². The topological polar surface area (TPSA) is 48.1 Å². The highest BCUT2D eigenvalue weighted by Gasteiger charge is 2.19. The summed E-state index contributed by atoms with van der Waals surface area (Å²) in [6, 6.07) is 0.0610. The molecule has 0 saturated heterocycles. The van der Waals surface area contributed by atoms with E-state index in [4.69, 9.17) is 10.5 Å². The van der Waals surface area contributed by atoms with Crippen molar-refractivity contribution >= 4 is 11.3 Å². The minimum absolute atomic E-state index is 0.0610. The van der Waals surface area contributed by atoms with Crippen LogP contribution in [-0.2, 0) is 4.74 Å². The van der Waals surface area contributed by atoms with Gasteiger partial charge in [-0.05, 0) is 12.8 Å². The summed E-state index contributed by atoms with van der Waals surface area (Å²) < 4.78 is 5.40. The van der Waals surface area contributed by atoms with Crippen LogP contribution in [0.2, 0.25) is 0 Å². The maximum atomic E-state index is 5.77. The van der Waals surface area contributed by atoms with Crippen LogP contribution in [0.3, 0.4) is 0 Å². The Bertz CT molecular complexity index is 283. The molecule has 1 aromatic heterocycles. The molecule has 0 aliphatic rings. The van der Waals surface area contributed by atoms with Crippen molar-refractivity contribution in [2.45, 2.75) is 32.9 Å². The van der Waals surface area contributed by atoms with E-state index in [1.54, 1.807) is 18.4 Å². The zero-order chi connectivity index (χ0) is 10.7. The van der Waals surface area contributed by atoms with E-state index in [2.05, 4.69) is 18.8 Å². The fourth-order valence-corrected chi connectivity index (χ4v) is 2.42. The van der Waals surface area contributed by atoms with Crippen LogP contribution in [0.5, 0.6) is 0 Å². The average molecular weight is 214 g/mol.